The molecule has 1 aliphatic heterocycles. The number of nitrogens with zero attached hydrogens (tertiary/aromatic N) is 1. The van der Waals surface area contributed by atoms with Crippen molar-refractivity contribution >= 4 is 38.9 Å². The summed E-state index contributed by atoms with van der Waals surface area (Å²) in [6.45, 7) is 8.98. The van der Waals surface area contributed by atoms with Crippen LogP contribution >= 0.6 is 0 Å². The van der Waals surface area contributed by atoms with Crippen molar-refractivity contribution < 1.29 is 22.7 Å². The van der Waals surface area contributed by atoms with Gasteiger partial charge in [0.05, 0.1) is 36.4 Å². The molecular formula is C29H41N3O5S. The molecule has 0 unspecified atom stereocenters. The van der Waals surface area contributed by atoms with Crippen LogP contribution in [-0.2, 0) is 19.4 Å². The van der Waals surface area contributed by atoms with E-state index in [2.05, 4.69) is 29.4 Å². The molecule has 2 aromatic rings. The first-order chi connectivity index (χ1) is 18.0. The topological polar surface area (TPSA) is 105 Å². The normalized spacial score (nSPS) is 16.1. The van der Waals surface area contributed by atoms with Crippen molar-refractivity contribution in [2.45, 2.75) is 65.3 Å². The Balaban J connectivity index is 1.98. The highest BCUT2D eigenvalue weighted by Gasteiger charge is 2.30. The summed E-state index contributed by atoms with van der Waals surface area (Å²) in [6.07, 6.45) is 2.08. The maximum Gasteiger partial charge on any atom is 0.323 e. The van der Waals surface area contributed by atoms with E-state index in [1.165, 1.54) is 7.11 Å². The van der Waals surface area contributed by atoms with Crippen molar-refractivity contribution in [1.82, 2.24) is 0 Å². The van der Waals surface area contributed by atoms with Crippen molar-refractivity contribution in [3.63, 3.8) is 0 Å². The first-order valence-corrected chi connectivity index (χ1v) is 15.2. The molecule has 0 saturated carbocycles. The van der Waals surface area contributed by atoms with Gasteiger partial charge in [0.15, 0.2) is 0 Å². The second-order valence-electron chi connectivity index (χ2n) is 10.5. The summed E-state index contributed by atoms with van der Waals surface area (Å²) >= 11 is 0. The van der Waals surface area contributed by atoms with Gasteiger partial charge in [-0.1, -0.05) is 44.5 Å². The van der Waals surface area contributed by atoms with Crippen LogP contribution in [0.3, 0.4) is 0 Å². The van der Waals surface area contributed by atoms with Gasteiger partial charge in [-0.3, -0.25) is 4.79 Å². The molecule has 0 radical (unpaired) electrons. The molecule has 1 aliphatic rings. The van der Waals surface area contributed by atoms with E-state index in [-0.39, 0.29) is 41.9 Å². The van der Waals surface area contributed by atoms with Crippen molar-refractivity contribution in [3.8, 4) is 0 Å². The lowest BCUT2D eigenvalue weighted by atomic mass is 9.92. The van der Waals surface area contributed by atoms with Gasteiger partial charge in [0, 0.05) is 18.3 Å². The van der Waals surface area contributed by atoms with E-state index >= 15 is 0 Å². The highest BCUT2D eigenvalue weighted by molar-refractivity contribution is 7.91. The average molecular weight is 544 g/mol. The van der Waals surface area contributed by atoms with E-state index in [1.54, 1.807) is 0 Å². The number of hydrogen-bond donors (Lipinski definition) is 2. The van der Waals surface area contributed by atoms with Gasteiger partial charge in [0.25, 0.3) is 0 Å². The number of carbonyl (C=O) groups is 2. The number of esters is 1. The zero-order valence-corrected chi connectivity index (χ0v) is 23.9. The van der Waals surface area contributed by atoms with Gasteiger partial charge in [-0.05, 0) is 67.9 Å². The molecule has 0 bridgehead atoms. The highest BCUT2D eigenvalue weighted by atomic mass is 32.2. The third-order valence-electron chi connectivity index (χ3n) is 7.02. The number of sulfone groups is 1. The number of ether oxygens (including phenoxy) is 1. The van der Waals surface area contributed by atoms with E-state index in [9.17, 15) is 18.0 Å². The molecule has 0 spiro atoms. The van der Waals surface area contributed by atoms with Crippen LogP contribution in [0.4, 0.5) is 21.9 Å². The molecule has 2 aromatic carbocycles. The summed E-state index contributed by atoms with van der Waals surface area (Å²) in [7, 11) is -1.63. The Morgan fingerprint density at radius 2 is 1.71 bits per heavy atom. The lowest BCUT2D eigenvalue weighted by Gasteiger charge is -2.38. The van der Waals surface area contributed by atoms with Gasteiger partial charge in [-0.15, -0.1) is 0 Å². The molecule has 38 heavy (non-hydrogen) atoms. The Hall–Kier alpha value is -3.07. The molecule has 1 fully saturated rings. The van der Waals surface area contributed by atoms with E-state index in [4.69, 9.17) is 4.74 Å². The predicted octanol–water partition coefficient (Wildman–Crippen LogP) is 5.74. The Kier molecular flexibility index (Phi) is 10.2. The summed E-state index contributed by atoms with van der Waals surface area (Å²) in [6, 6.07) is 13.2. The fourth-order valence-corrected chi connectivity index (χ4v) is 6.36. The molecule has 208 valence electrons. The average Bonchev–Trinajstić information content (AvgIpc) is 2.87. The molecular weight excluding hydrogens is 502 g/mol. The van der Waals surface area contributed by atoms with Gasteiger partial charge < -0.3 is 20.3 Å². The quantitative estimate of drug-likeness (QED) is 0.371. The number of methoxy groups -OCH3 is 1. The van der Waals surface area contributed by atoms with Crippen molar-refractivity contribution in [2.24, 2.45) is 5.92 Å². The Morgan fingerprint density at radius 1 is 1.05 bits per heavy atom. The Bertz CT molecular complexity index is 1200. The number of anilines is 3. The molecule has 1 saturated heterocycles. The number of amides is 2. The molecule has 1 heterocycles. The largest absolute Gasteiger partial charge is 0.469 e. The number of rotatable bonds is 10. The summed E-state index contributed by atoms with van der Waals surface area (Å²) in [5.41, 5.74) is 4.19. The number of carbonyl (C=O) groups excluding carboxylic acids is 2. The molecule has 0 aliphatic carbocycles. The zero-order chi connectivity index (χ0) is 27.9. The maximum atomic E-state index is 13.1. The van der Waals surface area contributed by atoms with Crippen LogP contribution < -0.4 is 15.5 Å². The lowest BCUT2D eigenvalue weighted by Crippen LogP contribution is -2.43. The van der Waals surface area contributed by atoms with E-state index in [0.717, 1.165) is 29.8 Å². The molecule has 8 nitrogen and oxygen atoms in total. The van der Waals surface area contributed by atoms with Crippen LogP contribution in [0, 0.1) is 12.8 Å². The smallest absolute Gasteiger partial charge is 0.323 e. The second kappa shape index (κ2) is 13.1. The summed E-state index contributed by atoms with van der Waals surface area (Å²) in [5, 5.41) is 5.94. The van der Waals surface area contributed by atoms with Gasteiger partial charge in [-0.25, -0.2) is 13.2 Å². The lowest BCUT2D eigenvalue weighted by molar-refractivity contribution is -0.141. The fraction of sp³-hybridized carbons (Fsp3) is 0.517. The molecule has 1 atom stereocenters. The van der Waals surface area contributed by atoms with Gasteiger partial charge in [0.2, 0.25) is 0 Å². The number of benzene rings is 2. The van der Waals surface area contributed by atoms with E-state index in [1.807, 2.05) is 56.3 Å². The minimum atomic E-state index is -3.01. The molecule has 2 N–H and O–H groups in total. The SMILES string of the molecule is CC[C@@H](CC(=O)OC)c1ccc(N(CC(C)C)C2CCS(=O)(=O)CC2)c(NC(=O)Nc2ccc(C)cc2)c1. The van der Waals surface area contributed by atoms with E-state index in [0.29, 0.717) is 30.1 Å². The maximum absolute atomic E-state index is 13.1. The van der Waals surface area contributed by atoms with Gasteiger partial charge in [0.1, 0.15) is 9.84 Å². The van der Waals surface area contributed by atoms with Crippen LogP contribution in [0.25, 0.3) is 0 Å². The van der Waals surface area contributed by atoms with Crippen LogP contribution in [0.2, 0.25) is 0 Å². The fourth-order valence-electron chi connectivity index (χ4n) is 4.89. The first kappa shape index (κ1) is 29.5. The van der Waals surface area contributed by atoms with E-state index < -0.39 is 9.84 Å². The monoisotopic (exact) mass is 543 g/mol. The summed E-state index contributed by atoms with van der Waals surface area (Å²) < 4.78 is 29.2. The van der Waals surface area contributed by atoms with Crippen LogP contribution in [-0.4, -0.2) is 51.6 Å². The minimum absolute atomic E-state index is 0.0459. The Morgan fingerprint density at radius 3 is 2.29 bits per heavy atom. The molecule has 0 aromatic heterocycles. The standard InChI is InChI=1S/C29H41N3O5S/c1-6-22(18-28(33)37-5)23-9-12-27(32(19-20(2)3)25-13-15-38(35,36)16-14-25)26(17-23)31-29(34)30-24-10-7-21(4)8-11-24/h7-12,17,20,22,25H,6,13-16,18-19H2,1-5H3,(H2,30,31,34)/t22-/m0/s1. The van der Waals surface area contributed by atoms with Crippen molar-refractivity contribution in [1.29, 1.82) is 0 Å². The first-order valence-electron chi connectivity index (χ1n) is 13.3. The molecule has 3 rings (SSSR count). The van der Waals surface area contributed by atoms with Gasteiger partial charge in [-0.2, -0.15) is 0 Å². The van der Waals surface area contributed by atoms with Crippen LogP contribution in [0.5, 0.6) is 0 Å². The number of urea groups is 1. The van der Waals surface area contributed by atoms with Crippen LogP contribution in [0.1, 0.15) is 63.5 Å². The minimum Gasteiger partial charge on any atom is -0.469 e. The molecule has 9 heteroatoms. The Labute approximate surface area is 227 Å². The number of aryl methyl sites for hydroxylation is 1. The number of nitrogens with one attached hydrogen (secondary N) is 2. The second-order valence-corrected chi connectivity index (χ2v) is 12.8. The van der Waals surface area contributed by atoms with Gasteiger partial charge >= 0.3 is 12.0 Å². The van der Waals surface area contributed by atoms with Crippen molar-refractivity contribution in [3.05, 3.63) is 53.6 Å². The number of hydrogen-bond acceptors (Lipinski definition) is 6. The van der Waals surface area contributed by atoms with Crippen molar-refractivity contribution in [2.75, 3.05) is 40.7 Å². The van der Waals surface area contributed by atoms with Crippen LogP contribution in [0.15, 0.2) is 42.5 Å². The highest BCUT2D eigenvalue weighted by Crippen LogP contribution is 2.36. The third-order valence-corrected chi connectivity index (χ3v) is 8.73. The molecule has 2 amide bonds. The zero-order valence-electron chi connectivity index (χ0n) is 23.1. The third kappa shape index (κ3) is 8.21. The summed E-state index contributed by atoms with van der Waals surface area (Å²) in [5.74, 6) is 0.314. The predicted molar refractivity (Wildman–Crippen MR) is 154 cm³/mol. The summed E-state index contributed by atoms with van der Waals surface area (Å²) in [4.78, 5) is 27.4.